The first kappa shape index (κ1) is 26.4. The lowest BCUT2D eigenvalue weighted by Crippen LogP contribution is -2.56. The van der Waals surface area contributed by atoms with Crippen molar-refractivity contribution in [3.8, 4) is 11.5 Å². The molecule has 2 aliphatic heterocycles. The number of amides is 1. The van der Waals surface area contributed by atoms with Crippen LogP contribution in [0.5, 0.6) is 11.5 Å². The summed E-state index contributed by atoms with van der Waals surface area (Å²) in [6, 6.07) is 13.6. The fourth-order valence-corrected chi connectivity index (χ4v) is 6.31. The third-order valence-electron chi connectivity index (χ3n) is 6.94. The molecular weight excluding hydrogens is 476 g/mol. The molecule has 0 N–H and O–H groups in total. The Labute approximate surface area is 218 Å². The van der Waals surface area contributed by atoms with Crippen LogP contribution < -0.4 is 14.4 Å². The summed E-state index contributed by atoms with van der Waals surface area (Å²) < 4.78 is 15.0. The van der Waals surface area contributed by atoms with Crippen molar-refractivity contribution in [2.75, 3.05) is 51.9 Å². The summed E-state index contributed by atoms with van der Waals surface area (Å²) in [4.78, 5) is 32.8. The summed E-state index contributed by atoms with van der Waals surface area (Å²) in [5.74, 6) is 0.596. The number of carbonyl (C=O) groups excluding carboxylic acids is 2. The molecule has 2 aliphatic rings. The number of aryl methyl sites for hydroxylation is 1. The average molecular weight is 513 g/mol. The molecule has 0 aromatic heterocycles. The first-order valence-corrected chi connectivity index (χ1v) is 13.5. The highest BCUT2D eigenvalue weighted by Gasteiger charge is 2.53. The summed E-state index contributed by atoms with van der Waals surface area (Å²) in [5, 5.41) is 0. The maximum atomic E-state index is 14.2. The Hall–Kier alpha value is -2.71. The molecule has 1 fully saturated rings. The van der Waals surface area contributed by atoms with Crippen LogP contribution >= 0.6 is 11.8 Å². The van der Waals surface area contributed by atoms with Crippen LogP contribution in [0.4, 0.5) is 5.69 Å². The van der Waals surface area contributed by atoms with Gasteiger partial charge >= 0.3 is 5.97 Å². The smallest absolute Gasteiger partial charge is 0.332 e. The van der Waals surface area contributed by atoms with E-state index < -0.39 is 10.7 Å². The Morgan fingerprint density at radius 1 is 1.00 bits per heavy atom. The molecule has 2 aromatic carbocycles. The molecule has 8 heteroatoms. The SMILES string of the molecule is CCOC(=O)C1(CCc2ccc(OC)c(OC)c2)Sc2ccccc2N(CCN2CCCCC2)C1=O. The molecule has 1 saturated heterocycles. The minimum atomic E-state index is -1.35. The van der Waals surface area contributed by atoms with Crippen molar-refractivity contribution in [3.05, 3.63) is 48.0 Å². The molecule has 0 spiro atoms. The number of fused-ring (bicyclic) bond motifs is 1. The summed E-state index contributed by atoms with van der Waals surface area (Å²) in [5.41, 5.74) is 1.83. The zero-order valence-corrected chi connectivity index (χ0v) is 22.3. The van der Waals surface area contributed by atoms with Gasteiger partial charge in [0, 0.05) is 18.0 Å². The number of hydrogen-bond acceptors (Lipinski definition) is 7. The number of para-hydroxylation sites is 1. The van der Waals surface area contributed by atoms with Gasteiger partial charge in [-0.05, 0) is 75.5 Å². The molecule has 2 heterocycles. The predicted molar refractivity (Wildman–Crippen MR) is 142 cm³/mol. The molecule has 1 amide bonds. The van der Waals surface area contributed by atoms with Gasteiger partial charge in [0.2, 0.25) is 0 Å². The lowest BCUT2D eigenvalue weighted by Gasteiger charge is -2.41. The van der Waals surface area contributed by atoms with E-state index in [1.54, 1.807) is 21.1 Å². The van der Waals surface area contributed by atoms with E-state index in [-0.39, 0.29) is 12.5 Å². The molecule has 0 radical (unpaired) electrons. The van der Waals surface area contributed by atoms with Crippen LogP contribution in [0.15, 0.2) is 47.4 Å². The molecule has 36 heavy (non-hydrogen) atoms. The number of ether oxygens (including phenoxy) is 3. The maximum absolute atomic E-state index is 14.2. The maximum Gasteiger partial charge on any atom is 0.332 e. The lowest BCUT2D eigenvalue weighted by atomic mass is 9.95. The van der Waals surface area contributed by atoms with Crippen molar-refractivity contribution >= 4 is 29.3 Å². The lowest BCUT2D eigenvalue weighted by molar-refractivity contribution is -0.149. The Morgan fingerprint density at radius 2 is 1.75 bits per heavy atom. The number of anilines is 1. The second-order valence-corrected chi connectivity index (χ2v) is 10.5. The van der Waals surface area contributed by atoms with Gasteiger partial charge in [0.15, 0.2) is 16.2 Å². The quantitative estimate of drug-likeness (QED) is 0.341. The molecule has 194 valence electrons. The number of piperidine rings is 1. The summed E-state index contributed by atoms with van der Waals surface area (Å²) >= 11 is 1.33. The number of carbonyl (C=O) groups is 2. The second kappa shape index (κ2) is 12.0. The van der Waals surface area contributed by atoms with Gasteiger partial charge in [0.25, 0.3) is 5.91 Å². The highest BCUT2D eigenvalue weighted by atomic mass is 32.2. The number of benzene rings is 2. The first-order chi connectivity index (χ1) is 17.5. The fraction of sp³-hybridized carbons (Fsp3) is 0.500. The van der Waals surface area contributed by atoms with Crippen LogP contribution in [0, 0.1) is 0 Å². The predicted octanol–water partition coefficient (Wildman–Crippen LogP) is 4.56. The van der Waals surface area contributed by atoms with E-state index in [0.29, 0.717) is 30.9 Å². The topological polar surface area (TPSA) is 68.3 Å². The van der Waals surface area contributed by atoms with Gasteiger partial charge in [-0.3, -0.25) is 4.79 Å². The van der Waals surface area contributed by atoms with Crippen molar-refractivity contribution < 1.29 is 23.8 Å². The molecule has 0 saturated carbocycles. The van der Waals surface area contributed by atoms with Crippen LogP contribution in [-0.2, 0) is 20.7 Å². The van der Waals surface area contributed by atoms with Gasteiger partial charge in [0.1, 0.15) is 0 Å². The minimum absolute atomic E-state index is 0.192. The Bertz CT molecular complexity index is 1070. The second-order valence-electron chi connectivity index (χ2n) is 9.17. The molecule has 1 unspecified atom stereocenters. The van der Waals surface area contributed by atoms with Gasteiger partial charge in [-0.25, -0.2) is 4.79 Å². The zero-order valence-electron chi connectivity index (χ0n) is 21.5. The summed E-state index contributed by atoms with van der Waals surface area (Å²) in [7, 11) is 3.19. The molecular formula is C28H36N2O5S. The van der Waals surface area contributed by atoms with Crippen LogP contribution in [-0.4, -0.2) is 68.5 Å². The zero-order chi connectivity index (χ0) is 25.5. The molecule has 1 atom stereocenters. The average Bonchev–Trinajstić information content (AvgIpc) is 2.92. The monoisotopic (exact) mass is 512 g/mol. The number of methoxy groups -OCH3 is 2. The summed E-state index contributed by atoms with van der Waals surface area (Å²) in [6.45, 7) is 5.45. The Kier molecular flexibility index (Phi) is 8.80. The fourth-order valence-electron chi connectivity index (χ4n) is 4.96. The number of thioether (sulfide) groups is 1. The van der Waals surface area contributed by atoms with E-state index in [1.165, 1.54) is 31.0 Å². The van der Waals surface area contributed by atoms with Crippen LogP contribution in [0.1, 0.15) is 38.2 Å². The molecule has 0 aliphatic carbocycles. The van der Waals surface area contributed by atoms with Crippen LogP contribution in [0.25, 0.3) is 0 Å². The number of nitrogens with zero attached hydrogens (tertiary/aromatic N) is 2. The highest BCUT2D eigenvalue weighted by Crippen LogP contribution is 2.48. The summed E-state index contributed by atoms with van der Waals surface area (Å²) in [6.07, 6.45) is 4.48. The van der Waals surface area contributed by atoms with Crippen molar-refractivity contribution in [2.45, 2.75) is 48.7 Å². The molecule has 0 bridgehead atoms. The largest absolute Gasteiger partial charge is 0.493 e. The minimum Gasteiger partial charge on any atom is -0.493 e. The van der Waals surface area contributed by atoms with Gasteiger partial charge in [-0.2, -0.15) is 0 Å². The van der Waals surface area contributed by atoms with Crippen molar-refractivity contribution in [2.24, 2.45) is 0 Å². The third-order valence-corrected chi connectivity index (χ3v) is 8.40. The standard InChI is InChI=1S/C28H36N2O5S/c1-4-35-27(32)28(15-14-21-12-13-23(33-2)24(20-21)34-3)26(31)30(19-18-29-16-8-5-9-17-29)22-10-6-7-11-25(22)36-28/h6-7,10-13,20H,4-5,8-9,14-19H2,1-3H3. The van der Waals surface area contributed by atoms with E-state index in [9.17, 15) is 9.59 Å². The Morgan fingerprint density at radius 3 is 2.47 bits per heavy atom. The number of likely N-dealkylation sites (tertiary alicyclic amines) is 1. The van der Waals surface area contributed by atoms with E-state index >= 15 is 0 Å². The van der Waals surface area contributed by atoms with Crippen LogP contribution in [0.3, 0.4) is 0 Å². The van der Waals surface area contributed by atoms with Crippen molar-refractivity contribution in [1.29, 1.82) is 0 Å². The van der Waals surface area contributed by atoms with Crippen LogP contribution in [0.2, 0.25) is 0 Å². The highest BCUT2D eigenvalue weighted by molar-refractivity contribution is 8.02. The van der Waals surface area contributed by atoms with Crippen molar-refractivity contribution in [1.82, 2.24) is 4.90 Å². The van der Waals surface area contributed by atoms with Gasteiger partial charge in [-0.15, -0.1) is 0 Å². The van der Waals surface area contributed by atoms with E-state index in [1.807, 2.05) is 47.4 Å². The number of rotatable bonds is 10. The molecule has 2 aromatic rings. The number of hydrogen-bond donors (Lipinski definition) is 0. The third kappa shape index (κ3) is 5.49. The van der Waals surface area contributed by atoms with Gasteiger partial charge in [-0.1, -0.05) is 36.4 Å². The van der Waals surface area contributed by atoms with Gasteiger partial charge in [0.05, 0.1) is 26.5 Å². The normalized spacial score (nSPS) is 20.1. The Balaban J connectivity index is 1.64. The molecule has 7 nitrogen and oxygen atoms in total. The van der Waals surface area contributed by atoms with E-state index in [0.717, 1.165) is 35.8 Å². The van der Waals surface area contributed by atoms with Gasteiger partial charge < -0.3 is 24.0 Å². The van der Waals surface area contributed by atoms with Crippen molar-refractivity contribution in [3.63, 3.8) is 0 Å². The molecule has 4 rings (SSSR count). The first-order valence-electron chi connectivity index (χ1n) is 12.7. The van der Waals surface area contributed by atoms with E-state index in [2.05, 4.69) is 4.90 Å². The van der Waals surface area contributed by atoms with E-state index in [4.69, 9.17) is 14.2 Å². The number of esters is 1.